The number of benzene rings is 4. The Hall–Kier alpha value is -3.65. The average molecular weight is 416 g/mol. The second kappa shape index (κ2) is 6.93. The van der Waals surface area contributed by atoms with E-state index in [0.29, 0.717) is 0 Å². The molecule has 0 saturated carbocycles. The molecule has 0 spiro atoms. The highest BCUT2D eigenvalue weighted by Gasteiger charge is 2.34. The van der Waals surface area contributed by atoms with Crippen molar-refractivity contribution in [3.8, 4) is 28.2 Å². The Labute approximate surface area is 189 Å². The highest BCUT2D eigenvalue weighted by atomic mass is 15.2. The molecule has 0 amide bonds. The number of rotatable bonds is 2. The third kappa shape index (κ3) is 2.56. The molecule has 0 radical (unpaired) electrons. The van der Waals surface area contributed by atoms with Gasteiger partial charge in [-0.15, -0.1) is 0 Å². The smallest absolute Gasteiger partial charge is 0.225 e. The summed E-state index contributed by atoms with van der Waals surface area (Å²) in [5.74, 6) is 1.23. The number of aromatic nitrogens is 2. The van der Waals surface area contributed by atoms with Crippen LogP contribution in [0.5, 0.6) is 0 Å². The van der Waals surface area contributed by atoms with E-state index >= 15 is 0 Å². The standard InChI is InChI=1S/C30H27N2/c1-19-10-5-7-14-24(19)30-31(4)26-17-16-23-18-22-13-6-8-15-25(22)27(23)29(26)32(30)28-20(2)11-9-12-21(28)3/h5-17H,18H2,1-4H3/q+1. The molecule has 5 aromatic rings. The Bertz CT molecular complexity index is 1510. The SMILES string of the molecule is Cc1ccccc1-c1n(C)c2ccc3c(c2[n+]1-c1c(C)cccc1C)-c1ccccc1C3. The van der Waals surface area contributed by atoms with Crippen LogP contribution in [0, 0.1) is 20.8 Å². The lowest BCUT2D eigenvalue weighted by Crippen LogP contribution is -2.35. The van der Waals surface area contributed by atoms with Crippen molar-refractivity contribution in [2.24, 2.45) is 7.05 Å². The third-order valence-corrected chi connectivity index (χ3v) is 7.07. The lowest BCUT2D eigenvalue weighted by Gasteiger charge is -2.12. The second-order valence-corrected chi connectivity index (χ2v) is 9.07. The number of aryl methyl sites for hydroxylation is 4. The topological polar surface area (TPSA) is 8.81 Å². The summed E-state index contributed by atoms with van der Waals surface area (Å²) in [5, 5.41) is 0. The summed E-state index contributed by atoms with van der Waals surface area (Å²) < 4.78 is 4.91. The molecule has 4 aromatic carbocycles. The zero-order valence-electron chi connectivity index (χ0n) is 19.1. The maximum atomic E-state index is 2.53. The summed E-state index contributed by atoms with van der Waals surface area (Å²) in [7, 11) is 2.21. The van der Waals surface area contributed by atoms with Crippen LogP contribution in [0.3, 0.4) is 0 Å². The van der Waals surface area contributed by atoms with E-state index in [-0.39, 0.29) is 0 Å². The molecule has 0 bridgehead atoms. The van der Waals surface area contributed by atoms with Gasteiger partial charge in [0.25, 0.3) is 5.82 Å². The van der Waals surface area contributed by atoms with Crippen LogP contribution in [0.2, 0.25) is 0 Å². The normalized spacial score (nSPS) is 12.2. The van der Waals surface area contributed by atoms with Gasteiger partial charge >= 0.3 is 0 Å². The summed E-state index contributed by atoms with van der Waals surface area (Å²) in [4.78, 5) is 0. The van der Waals surface area contributed by atoms with Crippen LogP contribution < -0.4 is 4.57 Å². The van der Waals surface area contributed by atoms with Gasteiger partial charge in [0, 0.05) is 5.56 Å². The van der Waals surface area contributed by atoms with E-state index in [1.807, 2.05) is 0 Å². The van der Waals surface area contributed by atoms with Crippen LogP contribution in [0.4, 0.5) is 0 Å². The van der Waals surface area contributed by atoms with Gasteiger partial charge in [-0.25, -0.2) is 4.57 Å². The number of para-hydroxylation sites is 1. The van der Waals surface area contributed by atoms with Gasteiger partial charge in [-0.2, -0.15) is 4.57 Å². The number of hydrogen-bond donors (Lipinski definition) is 0. The quantitative estimate of drug-likeness (QED) is 0.281. The van der Waals surface area contributed by atoms with Gasteiger partial charge in [-0.1, -0.05) is 66.7 Å². The number of imidazole rings is 1. The molecule has 1 aliphatic carbocycles. The van der Waals surface area contributed by atoms with E-state index in [1.54, 1.807) is 0 Å². The third-order valence-electron chi connectivity index (χ3n) is 7.07. The fourth-order valence-corrected chi connectivity index (χ4v) is 5.56. The van der Waals surface area contributed by atoms with Crippen molar-refractivity contribution >= 4 is 11.0 Å². The zero-order chi connectivity index (χ0) is 22.0. The Kier molecular flexibility index (Phi) is 4.13. The summed E-state index contributed by atoms with van der Waals surface area (Å²) in [6.45, 7) is 6.67. The van der Waals surface area contributed by atoms with Crippen LogP contribution in [0.15, 0.2) is 78.9 Å². The van der Waals surface area contributed by atoms with Crippen LogP contribution in [-0.2, 0) is 13.5 Å². The molecular weight excluding hydrogens is 388 g/mol. The van der Waals surface area contributed by atoms with Crippen molar-refractivity contribution in [3.63, 3.8) is 0 Å². The van der Waals surface area contributed by atoms with E-state index in [9.17, 15) is 0 Å². The first-order chi connectivity index (χ1) is 15.6. The largest absolute Gasteiger partial charge is 0.295 e. The molecular formula is C30H27N2+. The minimum Gasteiger partial charge on any atom is -0.225 e. The predicted octanol–water partition coefficient (Wildman–Crippen LogP) is 6.62. The van der Waals surface area contributed by atoms with Crippen molar-refractivity contribution in [1.82, 2.24) is 4.57 Å². The zero-order valence-corrected chi connectivity index (χ0v) is 19.1. The molecule has 2 nitrogen and oxygen atoms in total. The molecule has 156 valence electrons. The average Bonchev–Trinajstić information content (AvgIpc) is 3.30. The molecule has 1 aromatic heterocycles. The minimum absolute atomic E-state index is 1.00. The Morgan fingerprint density at radius 3 is 2.06 bits per heavy atom. The van der Waals surface area contributed by atoms with Gasteiger partial charge in [-0.05, 0) is 72.7 Å². The van der Waals surface area contributed by atoms with Crippen LogP contribution >= 0.6 is 0 Å². The van der Waals surface area contributed by atoms with Gasteiger partial charge < -0.3 is 0 Å². The summed E-state index contributed by atoms with van der Waals surface area (Å²) in [6.07, 6.45) is 1.00. The van der Waals surface area contributed by atoms with E-state index < -0.39 is 0 Å². The summed E-state index contributed by atoms with van der Waals surface area (Å²) >= 11 is 0. The minimum atomic E-state index is 1.00. The van der Waals surface area contributed by atoms with Crippen molar-refractivity contribution in [1.29, 1.82) is 0 Å². The van der Waals surface area contributed by atoms with E-state index in [4.69, 9.17) is 0 Å². The van der Waals surface area contributed by atoms with Crippen LogP contribution in [0.1, 0.15) is 27.8 Å². The molecule has 0 atom stereocenters. The summed E-state index contributed by atoms with van der Waals surface area (Å²) in [6, 6.07) is 28.9. The van der Waals surface area contributed by atoms with Crippen molar-refractivity contribution in [2.45, 2.75) is 27.2 Å². The van der Waals surface area contributed by atoms with E-state index in [1.165, 1.54) is 67.1 Å². The molecule has 0 unspecified atom stereocenters. The van der Waals surface area contributed by atoms with Gasteiger partial charge in [0.2, 0.25) is 0 Å². The highest BCUT2D eigenvalue weighted by Crippen LogP contribution is 2.42. The van der Waals surface area contributed by atoms with Gasteiger partial charge in [0.05, 0.1) is 12.6 Å². The van der Waals surface area contributed by atoms with Crippen molar-refractivity contribution < 1.29 is 4.57 Å². The summed E-state index contributed by atoms with van der Waals surface area (Å²) in [5.41, 5.74) is 14.6. The van der Waals surface area contributed by atoms with E-state index in [0.717, 1.165) is 6.42 Å². The van der Waals surface area contributed by atoms with Crippen LogP contribution in [0.25, 0.3) is 39.2 Å². The molecule has 0 N–H and O–H groups in total. The second-order valence-electron chi connectivity index (χ2n) is 9.07. The first-order valence-corrected chi connectivity index (χ1v) is 11.3. The maximum Gasteiger partial charge on any atom is 0.295 e. The lowest BCUT2D eigenvalue weighted by atomic mass is 10.0. The number of nitrogens with zero attached hydrogens (tertiary/aromatic N) is 2. The van der Waals surface area contributed by atoms with Gasteiger partial charge in [0.1, 0.15) is 5.69 Å². The first kappa shape index (κ1) is 19.1. The molecule has 0 fully saturated rings. The Morgan fingerprint density at radius 2 is 1.31 bits per heavy atom. The molecule has 2 heteroatoms. The number of fused-ring (bicyclic) bond motifs is 5. The fraction of sp³-hybridized carbons (Fsp3) is 0.167. The highest BCUT2D eigenvalue weighted by molar-refractivity contribution is 5.97. The molecule has 0 aliphatic heterocycles. The fourth-order valence-electron chi connectivity index (χ4n) is 5.56. The van der Waals surface area contributed by atoms with E-state index in [2.05, 4.69) is 116 Å². The maximum absolute atomic E-state index is 2.53. The molecule has 0 saturated heterocycles. The molecule has 32 heavy (non-hydrogen) atoms. The van der Waals surface area contributed by atoms with Crippen LogP contribution in [-0.4, -0.2) is 4.57 Å². The molecule has 1 heterocycles. The Morgan fingerprint density at radius 1 is 0.656 bits per heavy atom. The van der Waals surface area contributed by atoms with Crippen molar-refractivity contribution in [2.75, 3.05) is 0 Å². The Balaban J connectivity index is 1.86. The van der Waals surface area contributed by atoms with Crippen molar-refractivity contribution in [3.05, 3.63) is 107 Å². The van der Waals surface area contributed by atoms with Gasteiger partial charge in [0.15, 0.2) is 11.0 Å². The number of hydrogen-bond acceptors (Lipinski definition) is 0. The lowest BCUT2D eigenvalue weighted by molar-refractivity contribution is -0.556. The molecule has 6 rings (SSSR count). The monoisotopic (exact) mass is 415 g/mol. The molecule has 1 aliphatic rings. The first-order valence-electron chi connectivity index (χ1n) is 11.3. The van der Waals surface area contributed by atoms with Gasteiger partial charge in [-0.3, -0.25) is 0 Å². The predicted molar refractivity (Wildman–Crippen MR) is 132 cm³/mol.